The maximum atomic E-state index is 10.3. The zero-order chi connectivity index (χ0) is 8.85. The second-order valence-corrected chi connectivity index (χ2v) is 2.32. The number of hydrogen-bond acceptors (Lipinski definition) is 2. The van der Waals surface area contributed by atoms with Crippen molar-refractivity contribution in [3.63, 3.8) is 0 Å². The van der Waals surface area contributed by atoms with Crippen LogP contribution in [0.1, 0.15) is 20.8 Å². The van der Waals surface area contributed by atoms with Gasteiger partial charge in [0.25, 0.3) is 0 Å². The number of ether oxygens (including phenoxy) is 1. The fourth-order valence-electron chi connectivity index (χ4n) is 0.734. The minimum Gasteiger partial charge on any atom is -0.478 e. The van der Waals surface area contributed by atoms with Gasteiger partial charge in [-0.15, -0.1) is 0 Å². The summed E-state index contributed by atoms with van der Waals surface area (Å²) in [7, 11) is 0. The summed E-state index contributed by atoms with van der Waals surface area (Å²) in [5.41, 5.74) is 0.325. The highest BCUT2D eigenvalue weighted by Crippen LogP contribution is 1.99. The van der Waals surface area contributed by atoms with E-state index in [9.17, 15) is 4.79 Å². The first-order chi connectivity index (χ1) is 5.07. The van der Waals surface area contributed by atoms with Crippen LogP contribution >= 0.6 is 0 Å². The first-order valence-electron chi connectivity index (χ1n) is 3.61. The third kappa shape index (κ3) is 4.56. The lowest BCUT2D eigenvalue weighted by atomic mass is 10.2. The minimum atomic E-state index is -0.892. The molecule has 0 bridgehead atoms. The monoisotopic (exact) mass is 158 g/mol. The molecule has 0 aromatic carbocycles. The van der Waals surface area contributed by atoms with Gasteiger partial charge in [0.1, 0.15) is 0 Å². The van der Waals surface area contributed by atoms with Gasteiger partial charge < -0.3 is 9.84 Å². The summed E-state index contributed by atoms with van der Waals surface area (Å²) in [4.78, 5) is 10.3. The average molecular weight is 158 g/mol. The number of carboxylic acid groups (broad SMARTS) is 1. The molecular weight excluding hydrogens is 144 g/mol. The molecule has 1 N–H and O–H groups in total. The van der Waals surface area contributed by atoms with Crippen molar-refractivity contribution in [2.45, 2.75) is 26.9 Å². The van der Waals surface area contributed by atoms with Crippen molar-refractivity contribution in [3.8, 4) is 0 Å². The van der Waals surface area contributed by atoms with Crippen molar-refractivity contribution in [2.75, 3.05) is 6.61 Å². The van der Waals surface area contributed by atoms with Crippen LogP contribution in [0, 0.1) is 0 Å². The van der Waals surface area contributed by atoms with Crippen LogP contribution in [-0.4, -0.2) is 23.8 Å². The molecule has 0 aliphatic carbocycles. The highest BCUT2D eigenvalue weighted by Gasteiger charge is 2.02. The third-order valence-corrected chi connectivity index (χ3v) is 1.25. The molecule has 0 spiro atoms. The first-order valence-corrected chi connectivity index (χ1v) is 3.61. The summed E-state index contributed by atoms with van der Waals surface area (Å²) in [6, 6.07) is 0. The summed E-state index contributed by atoms with van der Waals surface area (Å²) in [6.07, 6.45) is 1.47. The zero-order valence-electron chi connectivity index (χ0n) is 7.13. The summed E-state index contributed by atoms with van der Waals surface area (Å²) in [5.74, 6) is -0.892. The van der Waals surface area contributed by atoms with Crippen molar-refractivity contribution < 1.29 is 14.6 Å². The number of carbonyl (C=O) groups is 1. The lowest BCUT2D eigenvalue weighted by Gasteiger charge is -2.05. The molecule has 0 fully saturated rings. The van der Waals surface area contributed by atoms with Crippen LogP contribution in [0.4, 0.5) is 0 Å². The van der Waals surface area contributed by atoms with E-state index in [1.165, 1.54) is 0 Å². The summed E-state index contributed by atoms with van der Waals surface area (Å²) >= 11 is 0. The predicted molar refractivity (Wildman–Crippen MR) is 42.5 cm³/mol. The topological polar surface area (TPSA) is 46.5 Å². The van der Waals surface area contributed by atoms with Crippen LogP contribution in [0.3, 0.4) is 0 Å². The molecule has 3 nitrogen and oxygen atoms in total. The number of aliphatic carboxylic acids is 1. The van der Waals surface area contributed by atoms with E-state index < -0.39 is 5.97 Å². The van der Waals surface area contributed by atoms with E-state index in [4.69, 9.17) is 9.84 Å². The van der Waals surface area contributed by atoms with Gasteiger partial charge in [0.05, 0.1) is 6.10 Å². The van der Waals surface area contributed by atoms with Crippen molar-refractivity contribution >= 4 is 5.97 Å². The molecule has 1 atom stereocenters. The van der Waals surface area contributed by atoms with E-state index in [1.54, 1.807) is 13.0 Å². The molecule has 0 saturated heterocycles. The van der Waals surface area contributed by atoms with Gasteiger partial charge in [-0.1, -0.05) is 0 Å². The van der Waals surface area contributed by atoms with Crippen LogP contribution in [-0.2, 0) is 9.53 Å². The SMILES string of the molecule is CCOC(C)/C=C(/C)C(=O)O. The second-order valence-electron chi connectivity index (χ2n) is 2.32. The normalized spacial score (nSPS) is 14.6. The summed E-state index contributed by atoms with van der Waals surface area (Å²) < 4.78 is 5.12. The Morgan fingerprint density at radius 2 is 2.27 bits per heavy atom. The summed E-state index contributed by atoms with van der Waals surface area (Å²) in [6.45, 7) is 5.85. The van der Waals surface area contributed by atoms with Gasteiger partial charge in [0.15, 0.2) is 0 Å². The molecule has 1 unspecified atom stereocenters. The Morgan fingerprint density at radius 1 is 1.73 bits per heavy atom. The molecule has 0 aromatic rings. The lowest BCUT2D eigenvalue weighted by molar-refractivity contribution is -0.132. The minimum absolute atomic E-state index is 0.115. The number of rotatable bonds is 4. The quantitative estimate of drug-likeness (QED) is 0.630. The number of carboxylic acids is 1. The third-order valence-electron chi connectivity index (χ3n) is 1.25. The maximum Gasteiger partial charge on any atom is 0.331 e. The molecular formula is C8H14O3. The molecule has 0 aromatic heterocycles. The Bertz CT molecular complexity index is 161. The van der Waals surface area contributed by atoms with Crippen LogP contribution in [0.15, 0.2) is 11.6 Å². The van der Waals surface area contributed by atoms with E-state index >= 15 is 0 Å². The molecule has 0 aliphatic rings. The second kappa shape index (κ2) is 4.91. The van der Waals surface area contributed by atoms with Gasteiger partial charge in [-0.25, -0.2) is 4.79 Å². The van der Waals surface area contributed by atoms with E-state index in [0.29, 0.717) is 12.2 Å². The Hall–Kier alpha value is -0.830. The van der Waals surface area contributed by atoms with Gasteiger partial charge in [0, 0.05) is 12.2 Å². The summed E-state index contributed by atoms with van der Waals surface area (Å²) in [5, 5.41) is 8.48. The Labute approximate surface area is 66.7 Å². The zero-order valence-corrected chi connectivity index (χ0v) is 7.13. The average Bonchev–Trinajstić information content (AvgIpc) is 1.87. The smallest absolute Gasteiger partial charge is 0.331 e. The van der Waals surface area contributed by atoms with E-state index in [-0.39, 0.29) is 6.10 Å². The predicted octanol–water partition coefficient (Wildman–Crippen LogP) is 1.44. The molecule has 0 amide bonds. The molecule has 3 heteroatoms. The van der Waals surface area contributed by atoms with Crippen LogP contribution < -0.4 is 0 Å². The van der Waals surface area contributed by atoms with Gasteiger partial charge in [0.2, 0.25) is 0 Å². The van der Waals surface area contributed by atoms with Gasteiger partial charge in [-0.05, 0) is 26.8 Å². The van der Waals surface area contributed by atoms with Crippen molar-refractivity contribution in [2.24, 2.45) is 0 Å². The van der Waals surface area contributed by atoms with Crippen molar-refractivity contribution in [3.05, 3.63) is 11.6 Å². The van der Waals surface area contributed by atoms with Crippen molar-refractivity contribution in [1.82, 2.24) is 0 Å². The highest BCUT2D eigenvalue weighted by atomic mass is 16.5. The fourth-order valence-corrected chi connectivity index (χ4v) is 0.734. The molecule has 11 heavy (non-hydrogen) atoms. The molecule has 0 rings (SSSR count). The maximum absolute atomic E-state index is 10.3. The Balaban J connectivity index is 3.96. The van der Waals surface area contributed by atoms with Gasteiger partial charge >= 0.3 is 5.97 Å². The highest BCUT2D eigenvalue weighted by molar-refractivity contribution is 5.85. The largest absolute Gasteiger partial charge is 0.478 e. The molecule has 64 valence electrons. The van der Waals surface area contributed by atoms with Crippen LogP contribution in [0.25, 0.3) is 0 Å². The van der Waals surface area contributed by atoms with Gasteiger partial charge in [-0.2, -0.15) is 0 Å². The molecule has 0 saturated carbocycles. The fraction of sp³-hybridized carbons (Fsp3) is 0.625. The van der Waals surface area contributed by atoms with Crippen LogP contribution in [0.2, 0.25) is 0 Å². The van der Waals surface area contributed by atoms with E-state index in [2.05, 4.69) is 0 Å². The molecule has 0 radical (unpaired) electrons. The van der Waals surface area contributed by atoms with Crippen LogP contribution in [0.5, 0.6) is 0 Å². The number of hydrogen-bond donors (Lipinski definition) is 1. The Kier molecular flexibility index (Phi) is 4.54. The molecule has 0 aliphatic heterocycles. The first kappa shape index (κ1) is 10.2. The standard InChI is InChI=1S/C8H14O3/c1-4-11-7(3)5-6(2)8(9)10/h5,7H,4H2,1-3H3,(H,9,10)/b6-5-. The van der Waals surface area contributed by atoms with E-state index in [1.807, 2.05) is 13.8 Å². The lowest BCUT2D eigenvalue weighted by Crippen LogP contribution is -2.07. The Morgan fingerprint density at radius 3 is 2.64 bits per heavy atom. The van der Waals surface area contributed by atoms with E-state index in [0.717, 1.165) is 0 Å². The molecule has 0 heterocycles. The van der Waals surface area contributed by atoms with Gasteiger partial charge in [-0.3, -0.25) is 0 Å². The van der Waals surface area contributed by atoms with Crippen molar-refractivity contribution in [1.29, 1.82) is 0 Å².